The highest BCUT2D eigenvalue weighted by Crippen LogP contribution is 2.09. The Balaban J connectivity index is 2.47. The minimum atomic E-state index is -0.766. The van der Waals surface area contributed by atoms with Crippen LogP contribution in [0.15, 0.2) is 46.1 Å². The van der Waals surface area contributed by atoms with Crippen molar-refractivity contribution in [1.82, 2.24) is 9.55 Å². The predicted molar refractivity (Wildman–Crippen MR) is 62.5 cm³/mol. The highest BCUT2D eigenvalue weighted by atomic mass is 35.5. The molecule has 0 aliphatic carbocycles. The van der Waals surface area contributed by atoms with Crippen molar-refractivity contribution >= 4 is 17.5 Å². The highest BCUT2D eigenvalue weighted by molar-refractivity contribution is 6.30. The van der Waals surface area contributed by atoms with Crippen molar-refractivity contribution in [2.45, 2.75) is 0 Å². The van der Waals surface area contributed by atoms with Crippen LogP contribution in [-0.4, -0.2) is 15.5 Å². The minimum Gasteiger partial charge on any atom is -0.274 e. The van der Waals surface area contributed by atoms with Gasteiger partial charge in [-0.3, -0.25) is 14.6 Å². The van der Waals surface area contributed by atoms with Crippen LogP contribution in [0, 0.1) is 0 Å². The third-order valence-electron chi connectivity index (χ3n) is 2.13. The van der Waals surface area contributed by atoms with Gasteiger partial charge in [-0.15, -0.1) is 0 Å². The molecule has 0 unspecified atom stereocenters. The zero-order valence-electron chi connectivity index (χ0n) is 8.51. The Bertz CT molecular complexity index is 670. The van der Waals surface area contributed by atoms with E-state index in [0.717, 1.165) is 16.8 Å². The highest BCUT2D eigenvalue weighted by Gasteiger charge is 2.09. The van der Waals surface area contributed by atoms with Crippen molar-refractivity contribution < 1.29 is 4.79 Å². The lowest BCUT2D eigenvalue weighted by Gasteiger charge is -2.02. The molecule has 0 bridgehead atoms. The molecule has 0 atom stereocenters. The van der Waals surface area contributed by atoms with Gasteiger partial charge in [-0.25, -0.2) is 9.36 Å². The number of nitrogens with one attached hydrogen (secondary N) is 1. The third-order valence-corrected chi connectivity index (χ3v) is 2.39. The van der Waals surface area contributed by atoms with Crippen LogP contribution < -0.4 is 11.2 Å². The summed E-state index contributed by atoms with van der Waals surface area (Å²) in [6, 6.07) is 7.21. The van der Waals surface area contributed by atoms with E-state index in [2.05, 4.69) is 0 Å². The van der Waals surface area contributed by atoms with E-state index in [-0.39, 0.29) is 0 Å². The molecule has 5 nitrogen and oxygen atoms in total. The van der Waals surface area contributed by atoms with Gasteiger partial charge in [0.1, 0.15) is 0 Å². The maximum absolute atomic E-state index is 11.9. The zero-order valence-corrected chi connectivity index (χ0v) is 9.27. The van der Waals surface area contributed by atoms with E-state index < -0.39 is 17.2 Å². The van der Waals surface area contributed by atoms with Gasteiger partial charge in [0.2, 0.25) is 0 Å². The summed E-state index contributed by atoms with van der Waals surface area (Å²) in [6.07, 6.45) is 1.14. The van der Waals surface area contributed by atoms with E-state index in [1.54, 1.807) is 12.1 Å². The van der Waals surface area contributed by atoms with Crippen LogP contribution >= 0.6 is 11.6 Å². The molecule has 0 fully saturated rings. The maximum atomic E-state index is 11.9. The van der Waals surface area contributed by atoms with Crippen molar-refractivity contribution in [3.8, 4) is 0 Å². The fourth-order valence-corrected chi connectivity index (χ4v) is 1.43. The van der Waals surface area contributed by atoms with E-state index in [4.69, 9.17) is 11.6 Å². The second kappa shape index (κ2) is 4.39. The Hall–Kier alpha value is -2.14. The fourth-order valence-electron chi connectivity index (χ4n) is 1.31. The van der Waals surface area contributed by atoms with Crippen molar-refractivity contribution in [3.05, 3.63) is 68.0 Å². The quantitative estimate of drug-likeness (QED) is 0.817. The number of nitrogens with zero attached hydrogens (tertiary/aromatic N) is 1. The van der Waals surface area contributed by atoms with Gasteiger partial charge in [0.25, 0.3) is 11.5 Å². The number of H-pyrrole nitrogens is 1. The maximum Gasteiger partial charge on any atom is 0.335 e. The monoisotopic (exact) mass is 250 g/mol. The van der Waals surface area contributed by atoms with Gasteiger partial charge in [-0.1, -0.05) is 11.6 Å². The summed E-state index contributed by atoms with van der Waals surface area (Å²) < 4.78 is 0.824. The Morgan fingerprint density at radius 3 is 2.35 bits per heavy atom. The van der Waals surface area contributed by atoms with E-state index in [1.807, 2.05) is 4.98 Å². The molecular weight excluding hydrogens is 244 g/mol. The lowest BCUT2D eigenvalue weighted by Crippen LogP contribution is -2.33. The molecular formula is C11H7ClN2O3. The van der Waals surface area contributed by atoms with Gasteiger partial charge < -0.3 is 0 Å². The van der Waals surface area contributed by atoms with Crippen molar-refractivity contribution in [2.75, 3.05) is 0 Å². The normalized spacial score (nSPS) is 10.2. The first-order valence-corrected chi connectivity index (χ1v) is 5.08. The van der Waals surface area contributed by atoms with Gasteiger partial charge in [0, 0.05) is 22.8 Å². The summed E-state index contributed by atoms with van der Waals surface area (Å²) in [4.78, 5) is 36.1. The number of benzene rings is 1. The molecule has 1 N–H and O–H groups in total. The number of rotatable bonds is 1. The number of aromatic amines is 1. The number of hydrogen-bond donors (Lipinski definition) is 1. The first-order chi connectivity index (χ1) is 8.08. The molecule has 0 radical (unpaired) electrons. The van der Waals surface area contributed by atoms with E-state index in [9.17, 15) is 14.4 Å². The molecule has 86 valence electrons. The molecule has 2 aromatic rings. The van der Waals surface area contributed by atoms with Gasteiger partial charge in [0.05, 0.1) is 0 Å². The largest absolute Gasteiger partial charge is 0.335 e. The number of hydrogen-bond acceptors (Lipinski definition) is 3. The molecule has 0 aliphatic heterocycles. The Labute approximate surface area is 100 Å². The van der Waals surface area contributed by atoms with Gasteiger partial charge in [0.15, 0.2) is 0 Å². The van der Waals surface area contributed by atoms with Crippen LogP contribution in [0.2, 0.25) is 5.02 Å². The van der Waals surface area contributed by atoms with Crippen LogP contribution in [0.5, 0.6) is 0 Å². The fraction of sp³-hybridized carbons (Fsp3) is 0. The van der Waals surface area contributed by atoms with Crippen LogP contribution in [0.25, 0.3) is 0 Å². The summed E-state index contributed by atoms with van der Waals surface area (Å²) in [7, 11) is 0. The van der Waals surface area contributed by atoms with Crippen LogP contribution in [0.1, 0.15) is 10.4 Å². The van der Waals surface area contributed by atoms with E-state index >= 15 is 0 Å². The summed E-state index contributed by atoms with van der Waals surface area (Å²) in [6.45, 7) is 0. The van der Waals surface area contributed by atoms with Crippen LogP contribution in [-0.2, 0) is 0 Å². The minimum absolute atomic E-state index is 0.309. The molecule has 0 spiro atoms. The SMILES string of the molecule is O=C(c1ccc(Cl)cc1)n1ccc(=O)[nH]c1=O. The van der Waals surface area contributed by atoms with Gasteiger partial charge in [-0.2, -0.15) is 0 Å². The number of carbonyl (C=O) groups excluding carboxylic acids is 1. The topological polar surface area (TPSA) is 71.9 Å². The van der Waals surface area contributed by atoms with Gasteiger partial charge in [-0.05, 0) is 24.3 Å². The summed E-state index contributed by atoms with van der Waals surface area (Å²) in [5.41, 5.74) is -1.00. The van der Waals surface area contributed by atoms with E-state index in [1.165, 1.54) is 12.1 Å². The Kier molecular flexibility index (Phi) is 2.93. The molecule has 1 aromatic carbocycles. The lowest BCUT2D eigenvalue weighted by molar-refractivity contribution is 0.0954. The van der Waals surface area contributed by atoms with Crippen molar-refractivity contribution in [2.24, 2.45) is 0 Å². The molecule has 0 saturated carbocycles. The Morgan fingerprint density at radius 2 is 1.76 bits per heavy atom. The van der Waals surface area contributed by atoms with Crippen molar-refractivity contribution in [1.29, 1.82) is 0 Å². The molecule has 17 heavy (non-hydrogen) atoms. The number of halogens is 1. The zero-order chi connectivity index (χ0) is 12.4. The van der Waals surface area contributed by atoms with Crippen molar-refractivity contribution in [3.63, 3.8) is 0 Å². The predicted octanol–water partition coefficient (Wildman–Crippen LogP) is 0.878. The summed E-state index contributed by atoms with van der Waals surface area (Å²) in [5, 5.41) is 0.496. The first-order valence-electron chi connectivity index (χ1n) is 4.70. The summed E-state index contributed by atoms with van der Waals surface area (Å²) in [5.74, 6) is -0.525. The second-order valence-corrected chi connectivity index (χ2v) is 3.73. The average Bonchev–Trinajstić information content (AvgIpc) is 2.29. The molecule has 0 aliphatic rings. The first kappa shape index (κ1) is 11.3. The lowest BCUT2D eigenvalue weighted by atomic mass is 10.2. The van der Waals surface area contributed by atoms with Crippen LogP contribution in [0.3, 0.4) is 0 Å². The molecule has 2 rings (SSSR count). The number of carbonyl (C=O) groups is 1. The summed E-state index contributed by atoms with van der Waals surface area (Å²) >= 11 is 5.69. The standard InChI is InChI=1S/C11H7ClN2O3/c12-8-3-1-7(2-4-8)10(16)14-6-5-9(15)13-11(14)17/h1-6H,(H,13,15,17). The average molecular weight is 251 g/mol. The molecule has 1 aromatic heterocycles. The van der Waals surface area contributed by atoms with E-state index in [0.29, 0.717) is 10.6 Å². The Morgan fingerprint density at radius 1 is 1.12 bits per heavy atom. The second-order valence-electron chi connectivity index (χ2n) is 3.29. The molecule has 0 saturated heterocycles. The molecule has 0 amide bonds. The number of aromatic nitrogens is 2. The van der Waals surface area contributed by atoms with Crippen LogP contribution in [0.4, 0.5) is 0 Å². The smallest absolute Gasteiger partial charge is 0.274 e. The van der Waals surface area contributed by atoms with Gasteiger partial charge >= 0.3 is 5.69 Å². The third kappa shape index (κ3) is 2.34. The molecule has 6 heteroatoms. The molecule has 1 heterocycles.